The van der Waals surface area contributed by atoms with Gasteiger partial charge in [0.1, 0.15) is 23.3 Å². The van der Waals surface area contributed by atoms with E-state index in [9.17, 15) is 9.59 Å². The predicted molar refractivity (Wildman–Crippen MR) is 91.2 cm³/mol. The first-order valence-corrected chi connectivity index (χ1v) is 7.56. The first kappa shape index (κ1) is 16.6. The van der Waals surface area contributed by atoms with Crippen molar-refractivity contribution in [2.75, 3.05) is 13.7 Å². The molecule has 25 heavy (non-hydrogen) atoms. The average Bonchev–Trinajstić information content (AvgIpc) is 2.63. The molecule has 0 amide bonds. The summed E-state index contributed by atoms with van der Waals surface area (Å²) in [5.41, 5.74) is 1.14. The lowest BCUT2D eigenvalue weighted by atomic mass is 10.2. The Labute approximate surface area is 143 Å². The molecule has 0 unspecified atom stereocenters. The number of ether oxygens (including phenoxy) is 3. The maximum atomic E-state index is 12.5. The lowest BCUT2D eigenvalue weighted by molar-refractivity contribution is -0.142. The minimum absolute atomic E-state index is 0.0968. The summed E-state index contributed by atoms with van der Waals surface area (Å²) in [6, 6.07) is 12.0. The molecule has 0 bridgehead atoms. The highest BCUT2D eigenvalue weighted by atomic mass is 16.6. The van der Waals surface area contributed by atoms with Crippen LogP contribution in [0, 0.1) is 6.92 Å². The lowest BCUT2D eigenvalue weighted by Gasteiger charge is -2.07. The summed E-state index contributed by atoms with van der Waals surface area (Å²) in [7, 11) is 1.28. The van der Waals surface area contributed by atoms with Crippen molar-refractivity contribution in [2.24, 2.45) is 0 Å². The Bertz CT molecular complexity index is 956. The summed E-state index contributed by atoms with van der Waals surface area (Å²) >= 11 is 0. The molecule has 0 aliphatic carbocycles. The van der Waals surface area contributed by atoms with Gasteiger partial charge in [-0.3, -0.25) is 4.79 Å². The van der Waals surface area contributed by atoms with Crippen LogP contribution in [-0.4, -0.2) is 19.7 Å². The molecule has 3 aromatic rings. The molecule has 1 aromatic heterocycles. The van der Waals surface area contributed by atoms with Crippen LogP contribution in [0.1, 0.15) is 5.56 Å². The molecule has 128 valence electrons. The Morgan fingerprint density at radius 3 is 2.52 bits per heavy atom. The third-order valence-corrected chi connectivity index (χ3v) is 3.55. The van der Waals surface area contributed by atoms with E-state index in [1.54, 1.807) is 24.3 Å². The van der Waals surface area contributed by atoms with E-state index in [1.807, 2.05) is 19.1 Å². The molecule has 0 atom stereocenters. The fraction of sp³-hybridized carbons (Fsp3) is 0.158. The molecule has 6 heteroatoms. The van der Waals surface area contributed by atoms with Crippen molar-refractivity contribution in [3.63, 3.8) is 0 Å². The van der Waals surface area contributed by atoms with Crippen LogP contribution >= 0.6 is 0 Å². The van der Waals surface area contributed by atoms with Gasteiger partial charge in [0.15, 0.2) is 6.61 Å². The van der Waals surface area contributed by atoms with Gasteiger partial charge in [-0.25, -0.2) is 4.79 Å². The van der Waals surface area contributed by atoms with E-state index < -0.39 is 5.97 Å². The summed E-state index contributed by atoms with van der Waals surface area (Å²) < 4.78 is 20.8. The average molecular weight is 340 g/mol. The highest BCUT2D eigenvalue weighted by Gasteiger charge is 2.11. The number of methoxy groups -OCH3 is 1. The van der Waals surface area contributed by atoms with Gasteiger partial charge in [-0.15, -0.1) is 0 Å². The predicted octanol–water partition coefficient (Wildman–Crippen LogP) is 3.45. The largest absolute Gasteiger partial charge is 0.482 e. The molecule has 2 aromatic carbocycles. The van der Waals surface area contributed by atoms with E-state index in [0.717, 1.165) is 5.56 Å². The normalized spacial score (nSPS) is 10.5. The topological polar surface area (TPSA) is 75.0 Å². The van der Waals surface area contributed by atoms with Gasteiger partial charge in [0, 0.05) is 6.07 Å². The Balaban J connectivity index is 1.86. The maximum absolute atomic E-state index is 12.5. The second kappa shape index (κ2) is 7.09. The molecule has 0 fully saturated rings. The van der Waals surface area contributed by atoms with Gasteiger partial charge in [0.25, 0.3) is 0 Å². The van der Waals surface area contributed by atoms with Gasteiger partial charge in [0.05, 0.1) is 12.5 Å². The summed E-state index contributed by atoms with van der Waals surface area (Å²) in [4.78, 5) is 23.6. The van der Waals surface area contributed by atoms with E-state index in [-0.39, 0.29) is 17.8 Å². The number of benzene rings is 2. The van der Waals surface area contributed by atoms with E-state index in [0.29, 0.717) is 22.5 Å². The van der Waals surface area contributed by atoms with Crippen LogP contribution in [-0.2, 0) is 9.53 Å². The van der Waals surface area contributed by atoms with Crippen LogP contribution in [0.15, 0.2) is 57.9 Å². The fourth-order valence-electron chi connectivity index (χ4n) is 2.19. The Morgan fingerprint density at radius 1 is 1.08 bits per heavy atom. The van der Waals surface area contributed by atoms with Crippen molar-refractivity contribution in [3.8, 4) is 17.2 Å². The zero-order valence-electron chi connectivity index (χ0n) is 13.8. The summed E-state index contributed by atoms with van der Waals surface area (Å²) in [5, 5.41) is 0.357. The van der Waals surface area contributed by atoms with Crippen LogP contribution in [0.25, 0.3) is 11.0 Å². The molecule has 0 radical (unpaired) electrons. The van der Waals surface area contributed by atoms with E-state index >= 15 is 0 Å². The summed E-state index contributed by atoms with van der Waals surface area (Å²) in [6.07, 6.45) is 1.26. The van der Waals surface area contributed by atoms with Crippen molar-refractivity contribution < 1.29 is 23.4 Å². The molecule has 0 spiro atoms. The SMILES string of the molecule is COC(=O)COc1ccc2c(=O)c(Oc3ccc(C)cc3)coc2c1. The lowest BCUT2D eigenvalue weighted by Crippen LogP contribution is -2.12. The van der Waals surface area contributed by atoms with Crippen LogP contribution in [0.3, 0.4) is 0 Å². The van der Waals surface area contributed by atoms with Gasteiger partial charge < -0.3 is 18.6 Å². The Kier molecular flexibility index (Phi) is 4.70. The second-order valence-electron chi connectivity index (χ2n) is 5.37. The number of aryl methyl sites for hydroxylation is 1. The molecule has 6 nitrogen and oxygen atoms in total. The van der Waals surface area contributed by atoms with Crippen molar-refractivity contribution in [1.82, 2.24) is 0 Å². The highest BCUT2D eigenvalue weighted by molar-refractivity contribution is 5.79. The number of esters is 1. The summed E-state index contributed by atoms with van der Waals surface area (Å²) in [5.74, 6) is 0.548. The van der Waals surface area contributed by atoms with Gasteiger partial charge in [-0.05, 0) is 31.2 Å². The minimum Gasteiger partial charge on any atom is -0.482 e. The smallest absolute Gasteiger partial charge is 0.343 e. The molecule has 3 rings (SSSR count). The molecule has 0 aliphatic heterocycles. The van der Waals surface area contributed by atoms with Gasteiger partial charge in [-0.2, -0.15) is 0 Å². The standard InChI is InChI=1S/C19H16O6/c1-12-3-5-13(6-4-12)25-17-10-24-16-9-14(23-11-18(20)22-2)7-8-15(16)19(17)21/h3-10H,11H2,1-2H3. The highest BCUT2D eigenvalue weighted by Crippen LogP contribution is 2.24. The third kappa shape index (κ3) is 3.80. The summed E-state index contributed by atoms with van der Waals surface area (Å²) in [6.45, 7) is 1.74. The molecule has 0 aliphatic rings. The molecule has 1 heterocycles. The zero-order chi connectivity index (χ0) is 17.8. The van der Waals surface area contributed by atoms with Gasteiger partial charge in [-0.1, -0.05) is 17.7 Å². The molecular formula is C19H16O6. The molecular weight excluding hydrogens is 324 g/mol. The zero-order valence-corrected chi connectivity index (χ0v) is 13.8. The Hall–Kier alpha value is -3.28. The van der Waals surface area contributed by atoms with Crippen molar-refractivity contribution in [3.05, 3.63) is 64.5 Å². The van der Waals surface area contributed by atoms with Crippen molar-refractivity contribution >= 4 is 16.9 Å². The molecule has 0 N–H and O–H groups in total. The first-order chi connectivity index (χ1) is 12.1. The van der Waals surface area contributed by atoms with Crippen molar-refractivity contribution in [2.45, 2.75) is 6.92 Å². The Morgan fingerprint density at radius 2 is 1.80 bits per heavy atom. The second-order valence-corrected chi connectivity index (χ2v) is 5.37. The maximum Gasteiger partial charge on any atom is 0.343 e. The quantitative estimate of drug-likeness (QED) is 0.662. The van der Waals surface area contributed by atoms with Gasteiger partial charge >= 0.3 is 5.97 Å². The van der Waals surface area contributed by atoms with Crippen LogP contribution < -0.4 is 14.9 Å². The van der Waals surface area contributed by atoms with Crippen molar-refractivity contribution in [1.29, 1.82) is 0 Å². The van der Waals surface area contributed by atoms with Gasteiger partial charge in [0.2, 0.25) is 11.2 Å². The number of rotatable bonds is 5. The number of carbonyl (C=O) groups excluding carboxylic acids is 1. The monoisotopic (exact) mass is 340 g/mol. The molecule has 0 saturated carbocycles. The number of hydrogen-bond donors (Lipinski definition) is 0. The third-order valence-electron chi connectivity index (χ3n) is 3.55. The number of fused-ring (bicyclic) bond motifs is 1. The van der Waals surface area contributed by atoms with E-state index in [4.69, 9.17) is 13.9 Å². The minimum atomic E-state index is -0.497. The van der Waals surface area contributed by atoms with Crippen LogP contribution in [0.5, 0.6) is 17.2 Å². The van der Waals surface area contributed by atoms with Crippen LogP contribution in [0.4, 0.5) is 0 Å². The molecule has 0 saturated heterocycles. The fourth-order valence-corrected chi connectivity index (χ4v) is 2.19. The number of hydrogen-bond acceptors (Lipinski definition) is 6. The van der Waals surface area contributed by atoms with E-state index in [1.165, 1.54) is 19.4 Å². The van der Waals surface area contributed by atoms with Crippen LogP contribution in [0.2, 0.25) is 0 Å². The van der Waals surface area contributed by atoms with E-state index in [2.05, 4.69) is 4.74 Å². The number of carbonyl (C=O) groups is 1. The first-order valence-electron chi connectivity index (χ1n) is 7.56.